The van der Waals surface area contributed by atoms with Crippen LogP contribution in [0.4, 0.5) is 4.39 Å². The van der Waals surface area contributed by atoms with E-state index in [0.29, 0.717) is 19.1 Å². The number of halogens is 1. The minimum absolute atomic E-state index is 0.100. The third kappa shape index (κ3) is 8.26. The fourth-order valence-electron chi connectivity index (χ4n) is 2.09. The average Bonchev–Trinajstić information content (AvgIpc) is 2.59. The van der Waals surface area contributed by atoms with E-state index < -0.39 is 11.9 Å². The van der Waals surface area contributed by atoms with Crippen molar-refractivity contribution < 1.29 is 14.2 Å². The average molecular weight is 339 g/mol. The maximum Gasteiger partial charge on any atom is 0.191 e. The lowest BCUT2D eigenvalue weighted by Gasteiger charge is -2.13. The smallest absolute Gasteiger partial charge is 0.191 e. The molecule has 0 heterocycles. The molecule has 0 aliphatic heterocycles. The van der Waals surface area contributed by atoms with E-state index in [2.05, 4.69) is 22.5 Å². The summed E-state index contributed by atoms with van der Waals surface area (Å²) >= 11 is 0. The third-order valence-electron chi connectivity index (χ3n) is 3.43. The van der Waals surface area contributed by atoms with Crippen LogP contribution >= 0.6 is 0 Å². The predicted octanol–water partition coefficient (Wildman–Crippen LogP) is 2.62. The van der Waals surface area contributed by atoms with Gasteiger partial charge in [-0.25, -0.2) is 4.39 Å². The Morgan fingerprint density at radius 2 is 1.96 bits per heavy atom. The number of rotatable bonds is 11. The molecule has 0 saturated heterocycles. The Morgan fingerprint density at radius 1 is 1.21 bits per heavy atom. The van der Waals surface area contributed by atoms with Crippen LogP contribution in [0.15, 0.2) is 29.3 Å². The van der Waals surface area contributed by atoms with Crippen LogP contribution in [0.3, 0.4) is 0 Å². The summed E-state index contributed by atoms with van der Waals surface area (Å²) in [5.41, 5.74) is 0.265. The number of benzene rings is 1. The van der Waals surface area contributed by atoms with E-state index in [-0.39, 0.29) is 12.1 Å². The van der Waals surface area contributed by atoms with Gasteiger partial charge < -0.3 is 20.5 Å². The second kappa shape index (κ2) is 12.7. The molecule has 0 aromatic heterocycles. The summed E-state index contributed by atoms with van der Waals surface area (Å²) in [4.78, 5) is 4.32. The van der Waals surface area contributed by atoms with Crippen molar-refractivity contribution in [1.29, 1.82) is 0 Å². The van der Waals surface area contributed by atoms with Gasteiger partial charge in [0.15, 0.2) is 5.96 Å². The normalized spacial score (nSPS) is 12.9. The molecule has 0 saturated carbocycles. The molecule has 0 aliphatic carbocycles. The minimum Gasteiger partial charge on any atom is -0.386 e. The first-order chi connectivity index (χ1) is 11.7. The van der Waals surface area contributed by atoms with E-state index in [9.17, 15) is 9.50 Å². The lowest BCUT2D eigenvalue weighted by Crippen LogP contribution is -2.38. The summed E-state index contributed by atoms with van der Waals surface area (Å²) in [5.74, 6) is 0.198. The van der Waals surface area contributed by atoms with Crippen molar-refractivity contribution in [3.8, 4) is 0 Å². The van der Waals surface area contributed by atoms with Gasteiger partial charge in [-0.3, -0.25) is 4.99 Å². The first kappa shape index (κ1) is 20.4. The standard InChI is InChI=1S/C18H30FN3O2/c1-3-5-12-24-13-8-11-21-18(20-4-2)22-14-17(23)15-9-6-7-10-16(15)19/h6-7,9-10,17,23H,3-5,8,11-14H2,1-2H3,(H2,20,21,22). The summed E-state index contributed by atoms with van der Waals surface area (Å²) in [5, 5.41) is 16.4. The van der Waals surface area contributed by atoms with Gasteiger partial charge in [0.2, 0.25) is 0 Å². The van der Waals surface area contributed by atoms with Gasteiger partial charge in [0, 0.05) is 31.9 Å². The second-order valence-corrected chi connectivity index (χ2v) is 5.50. The van der Waals surface area contributed by atoms with Crippen molar-refractivity contribution in [3.63, 3.8) is 0 Å². The number of hydrogen-bond acceptors (Lipinski definition) is 3. The molecule has 1 rings (SSSR count). The Morgan fingerprint density at radius 3 is 2.67 bits per heavy atom. The van der Waals surface area contributed by atoms with Gasteiger partial charge in [0.1, 0.15) is 11.9 Å². The number of aliphatic hydroxyl groups is 1. The quantitative estimate of drug-likeness (QED) is 0.329. The van der Waals surface area contributed by atoms with Gasteiger partial charge >= 0.3 is 0 Å². The van der Waals surface area contributed by atoms with Crippen LogP contribution < -0.4 is 10.6 Å². The second-order valence-electron chi connectivity index (χ2n) is 5.50. The molecule has 1 atom stereocenters. The molecule has 0 aliphatic rings. The van der Waals surface area contributed by atoms with Gasteiger partial charge in [0.25, 0.3) is 0 Å². The zero-order valence-electron chi connectivity index (χ0n) is 14.7. The monoisotopic (exact) mass is 339 g/mol. The summed E-state index contributed by atoms with van der Waals surface area (Å²) < 4.78 is 19.1. The number of aliphatic imine (C=N–C) groups is 1. The van der Waals surface area contributed by atoms with Crippen LogP contribution in [0, 0.1) is 5.82 Å². The highest BCUT2D eigenvalue weighted by Gasteiger charge is 2.11. The number of hydrogen-bond donors (Lipinski definition) is 3. The van der Waals surface area contributed by atoms with E-state index >= 15 is 0 Å². The van der Waals surface area contributed by atoms with E-state index in [1.807, 2.05) is 6.92 Å². The van der Waals surface area contributed by atoms with Gasteiger partial charge in [-0.05, 0) is 25.8 Å². The number of ether oxygens (including phenoxy) is 1. The fourth-order valence-corrected chi connectivity index (χ4v) is 2.09. The fraction of sp³-hybridized carbons (Fsp3) is 0.611. The Balaban J connectivity index is 2.37. The van der Waals surface area contributed by atoms with Crippen molar-refractivity contribution in [2.75, 3.05) is 32.8 Å². The van der Waals surface area contributed by atoms with E-state index in [0.717, 1.165) is 32.4 Å². The maximum atomic E-state index is 13.6. The summed E-state index contributed by atoms with van der Waals surface area (Å²) in [7, 11) is 0. The molecule has 0 spiro atoms. The highest BCUT2D eigenvalue weighted by atomic mass is 19.1. The van der Waals surface area contributed by atoms with Crippen molar-refractivity contribution in [2.45, 2.75) is 39.2 Å². The highest BCUT2D eigenvalue weighted by Crippen LogP contribution is 2.16. The van der Waals surface area contributed by atoms with Crippen molar-refractivity contribution in [3.05, 3.63) is 35.6 Å². The molecule has 0 bridgehead atoms. The number of nitrogens with one attached hydrogen (secondary N) is 2. The van der Waals surface area contributed by atoms with Crippen molar-refractivity contribution in [2.24, 2.45) is 4.99 Å². The molecule has 1 aromatic carbocycles. The highest BCUT2D eigenvalue weighted by molar-refractivity contribution is 5.79. The summed E-state index contributed by atoms with van der Waals surface area (Å²) in [6, 6.07) is 6.21. The van der Waals surface area contributed by atoms with Gasteiger partial charge in [0.05, 0.1) is 6.54 Å². The minimum atomic E-state index is -0.959. The zero-order valence-corrected chi connectivity index (χ0v) is 14.7. The topological polar surface area (TPSA) is 65.9 Å². The van der Waals surface area contributed by atoms with Gasteiger partial charge in [-0.2, -0.15) is 0 Å². The summed E-state index contributed by atoms with van der Waals surface area (Å²) in [6.07, 6.45) is 2.15. The molecular formula is C18H30FN3O2. The van der Waals surface area contributed by atoms with E-state index in [1.165, 1.54) is 6.07 Å². The molecule has 6 heteroatoms. The van der Waals surface area contributed by atoms with Crippen LogP contribution in [0.5, 0.6) is 0 Å². The molecule has 0 radical (unpaired) electrons. The molecule has 3 N–H and O–H groups in total. The lowest BCUT2D eigenvalue weighted by atomic mass is 10.1. The molecule has 136 valence electrons. The third-order valence-corrected chi connectivity index (χ3v) is 3.43. The van der Waals surface area contributed by atoms with E-state index in [4.69, 9.17) is 4.74 Å². The molecule has 24 heavy (non-hydrogen) atoms. The Labute approximate surface area is 144 Å². The number of guanidine groups is 1. The van der Waals surface area contributed by atoms with Crippen molar-refractivity contribution in [1.82, 2.24) is 10.6 Å². The first-order valence-electron chi connectivity index (χ1n) is 8.71. The molecule has 0 amide bonds. The predicted molar refractivity (Wildman–Crippen MR) is 95.7 cm³/mol. The Bertz CT molecular complexity index is 483. The van der Waals surface area contributed by atoms with Crippen LogP contribution in [0.1, 0.15) is 44.8 Å². The molecule has 1 unspecified atom stereocenters. The molecular weight excluding hydrogens is 309 g/mol. The SMILES string of the molecule is CCCCOCCCNC(=NCC(O)c1ccccc1F)NCC. The Kier molecular flexibility index (Phi) is 10.8. The van der Waals surface area contributed by atoms with Gasteiger partial charge in [-0.15, -0.1) is 0 Å². The van der Waals surface area contributed by atoms with Crippen LogP contribution in [0.25, 0.3) is 0 Å². The Hall–Kier alpha value is -1.66. The molecule has 1 aromatic rings. The summed E-state index contributed by atoms with van der Waals surface area (Å²) in [6.45, 7) is 7.17. The van der Waals surface area contributed by atoms with E-state index in [1.54, 1.807) is 18.2 Å². The number of aliphatic hydroxyl groups excluding tert-OH is 1. The van der Waals surface area contributed by atoms with Crippen molar-refractivity contribution >= 4 is 5.96 Å². The number of unbranched alkanes of at least 4 members (excludes halogenated alkanes) is 1. The number of nitrogens with zero attached hydrogens (tertiary/aromatic N) is 1. The lowest BCUT2D eigenvalue weighted by molar-refractivity contribution is 0.129. The van der Waals surface area contributed by atoms with Crippen LogP contribution in [0.2, 0.25) is 0 Å². The first-order valence-corrected chi connectivity index (χ1v) is 8.71. The van der Waals surface area contributed by atoms with Crippen LogP contribution in [-0.4, -0.2) is 43.9 Å². The maximum absolute atomic E-state index is 13.6. The molecule has 5 nitrogen and oxygen atoms in total. The molecule has 0 fully saturated rings. The van der Waals surface area contributed by atoms with Gasteiger partial charge in [-0.1, -0.05) is 31.5 Å². The largest absolute Gasteiger partial charge is 0.386 e. The van der Waals surface area contributed by atoms with Crippen LogP contribution in [-0.2, 0) is 4.74 Å². The zero-order chi connectivity index (χ0) is 17.6.